The molecule has 0 aliphatic carbocycles. The summed E-state index contributed by atoms with van der Waals surface area (Å²) in [6.07, 6.45) is 1.78. The van der Waals surface area contributed by atoms with E-state index in [1.54, 1.807) is 10.7 Å². The molecule has 0 atom stereocenters. The number of aliphatic hydroxyl groups excluding tert-OH is 1. The van der Waals surface area contributed by atoms with E-state index in [0.29, 0.717) is 6.54 Å². The molecule has 0 saturated carbocycles. The van der Waals surface area contributed by atoms with E-state index in [2.05, 4.69) is 15.4 Å². The number of nitrogens with one attached hydrogen (secondary N) is 1. The second-order valence-electron chi connectivity index (χ2n) is 6.49. The third-order valence-electron chi connectivity index (χ3n) is 4.74. The van der Waals surface area contributed by atoms with Crippen LogP contribution in [0, 0.1) is 0 Å². The van der Waals surface area contributed by atoms with E-state index in [0.717, 1.165) is 45.3 Å². The molecule has 5 rings (SSSR count). The third kappa shape index (κ3) is 2.91. The first-order valence-corrected chi connectivity index (χ1v) is 8.98. The number of rotatable bonds is 5. The van der Waals surface area contributed by atoms with Gasteiger partial charge in [0.15, 0.2) is 17.1 Å². The Labute approximate surface area is 161 Å². The molecular weight excluding hydrogens is 356 g/mol. The normalized spacial score (nSPS) is 12.5. The van der Waals surface area contributed by atoms with E-state index in [4.69, 9.17) is 9.47 Å². The quantitative estimate of drug-likeness (QED) is 0.558. The number of imidazole rings is 1. The Bertz CT molecular complexity index is 1160. The molecule has 0 radical (unpaired) electrons. The summed E-state index contributed by atoms with van der Waals surface area (Å²) in [7, 11) is 0. The number of nitrogens with zero attached hydrogens (tertiary/aromatic N) is 3. The van der Waals surface area contributed by atoms with Crippen molar-refractivity contribution in [3.8, 4) is 22.8 Å². The summed E-state index contributed by atoms with van der Waals surface area (Å²) in [5.41, 5.74) is 4.41. The summed E-state index contributed by atoms with van der Waals surface area (Å²) in [5, 5.41) is 17.7. The predicted molar refractivity (Wildman–Crippen MR) is 104 cm³/mol. The Morgan fingerprint density at radius 3 is 2.86 bits per heavy atom. The monoisotopic (exact) mass is 374 g/mol. The molecule has 0 spiro atoms. The maximum absolute atomic E-state index is 9.64. The highest BCUT2D eigenvalue weighted by molar-refractivity contribution is 5.67. The lowest BCUT2D eigenvalue weighted by atomic mass is 10.1. The first kappa shape index (κ1) is 16.6. The van der Waals surface area contributed by atoms with Gasteiger partial charge in [-0.05, 0) is 35.4 Å². The average Bonchev–Trinajstić information content (AvgIpc) is 3.38. The zero-order valence-electron chi connectivity index (χ0n) is 15.0. The Kier molecular flexibility index (Phi) is 4.06. The van der Waals surface area contributed by atoms with Crippen molar-refractivity contribution in [2.24, 2.45) is 0 Å². The summed E-state index contributed by atoms with van der Waals surface area (Å²) in [5.74, 6) is 2.26. The fourth-order valence-corrected chi connectivity index (χ4v) is 3.30. The van der Waals surface area contributed by atoms with Gasteiger partial charge in [0, 0.05) is 12.1 Å². The molecule has 0 saturated heterocycles. The van der Waals surface area contributed by atoms with Crippen molar-refractivity contribution in [3.63, 3.8) is 0 Å². The number of benzene rings is 2. The van der Waals surface area contributed by atoms with Gasteiger partial charge >= 0.3 is 0 Å². The molecule has 28 heavy (non-hydrogen) atoms. The lowest BCUT2D eigenvalue weighted by Gasteiger charge is -2.09. The molecule has 1 aliphatic rings. The number of hydrogen-bond donors (Lipinski definition) is 2. The minimum atomic E-state index is -0.0362. The van der Waals surface area contributed by atoms with Crippen molar-refractivity contribution in [3.05, 3.63) is 71.9 Å². The smallest absolute Gasteiger partial charge is 0.231 e. The zero-order chi connectivity index (χ0) is 18.9. The number of ether oxygens (including phenoxy) is 2. The van der Waals surface area contributed by atoms with Crippen LogP contribution in [0.3, 0.4) is 0 Å². The largest absolute Gasteiger partial charge is 0.454 e. The number of hydrogen-bond acceptors (Lipinski definition) is 6. The zero-order valence-corrected chi connectivity index (χ0v) is 15.0. The topological polar surface area (TPSA) is 80.9 Å². The van der Waals surface area contributed by atoms with E-state index < -0.39 is 0 Å². The van der Waals surface area contributed by atoms with Crippen LogP contribution < -0.4 is 14.8 Å². The van der Waals surface area contributed by atoms with E-state index in [-0.39, 0.29) is 13.4 Å². The van der Waals surface area contributed by atoms with Crippen LogP contribution in [0.2, 0.25) is 0 Å². The van der Waals surface area contributed by atoms with Gasteiger partial charge in [0.05, 0.1) is 18.5 Å². The molecule has 140 valence electrons. The molecule has 0 amide bonds. The van der Waals surface area contributed by atoms with Crippen LogP contribution in [0.1, 0.15) is 11.1 Å². The molecule has 0 unspecified atom stereocenters. The van der Waals surface area contributed by atoms with Crippen LogP contribution in [0.4, 0.5) is 5.82 Å². The molecule has 7 nitrogen and oxygen atoms in total. The Hall–Kier alpha value is -3.58. The third-order valence-corrected chi connectivity index (χ3v) is 4.74. The summed E-state index contributed by atoms with van der Waals surface area (Å²) < 4.78 is 12.6. The van der Waals surface area contributed by atoms with Gasteiger partial charge in [-0.15, -0.1) is 5.10 Å². The van der Waals surface area contributed by atoms with Gasteiger partial charge in [-0.25, -0.2) is 9.50 Å². The fourth-order valence-electron chi connectivity index (χ4n) is 3.30. The molecule has 2 aromatic carbocycles. The minimum Gasteiger partial charge on any atom is -0.454 e. The lowest BCUT2D eigenvalue weighted by molar-refractivity contribution is 0.174. The molecule has 2 N–H and O–H groups in total. The second kappa shape index (κ2) is 6.86. The first-order chi connectivity index (χ1) is 13.8. The van der Waals surface area contributed by atoms with Crippen molar-refractivity contribution in [2.75, 3.05) is 12.1 Å². The Balaban J connectivity index is 1.43. The van der Waals surface area contributed by atoms with Crippen molar-refractivity contribution in [1.29, 1.82) is 0 Å². The molecule has 0 bridgehead atoms. The fraction of sp³-hybridized carbons (Fsp3) is 0.143. The SMILES string of the molecule is OCc1ccccc1-c1cnc2ccc(NCc3ccc4c(c3)OCO4)nn12. The molecule has 7 heteroatoms. The molecule has 2 aromatic heterocycles. The van der Waals surface area contributed by atoms with Gasteiger partial charge in [-0.2, -0.15) is 0 Å². The highest BCUT2D eigenvalue weighted by Gasteiger charge is 2.14. The van der Waals surface area contributed by atoms with Gasteiger partial charge in [0.2, 0.25) is 6.79 Å². The molecular formula is C21H18N4O3. The molecule has 0 fully saturated rings. The minimum absolute atomic E-state index is 0.0362. The van der Waals surface area contributed by atoms with Crippen LogP contribution in [0.5, 0.6) is 11.5 Å². The van der Waals surface area contributed by atoms with Gasteiger partial charge in [0.1, 0.15) is 5.82 Å². The summed E-state index contributed by atoms with van der Waals surface area (Å²) in [6.45, 7) is 0.834. The number of aliphatic hydroxyl groups is 1. The Morgan fingerprint density at radius 2 is 1.93 bits per heavy atom. The summed E-state index contributed by atoms with van der Waals surface area (Å²) >= 11 is 0. The lowest BCUT2D eigenvalue weighted by Crippen LogP contribution is -2.05. The van der Waals surface area contributed by atoms with E-state index in [1.807, 2.05) is 54.6 Å². The van der Waals surface area contributed by atoms with Crippen LogP contribution in [0.15, 0.2) is 60.8 Å². The van der Waals surface area contributed by atoms with Crippen LogP contribution in [-0.2, 0) is 13.2 Å². The maximum atomic E-state index is 9.64. The van der Waals surface area contributed by atoms with Gasteiger partial charge in [0.25, 0.3) is 0 Å². The molecule has 4 aromatic rings. The number of fused-ring (bicyclic) bond motifs is 2. The van der Waals surface area contributed by atoms with Crippen LogP contribution in [-0.4, -0.2) is 26.5 Å². The van der Waals surface area contributed by atoms with Crippen molar-refractivity contribution in [1.82, 2.24) is 14.6 Å². The van der Waals surface area contributed by atoms with Crippen molar-refractivity contribution < 1.29 is 14.6 Å². The molecule has 3 heterocycles. The second-order valence-corrected chi connectivity index (χ2v) is 6.49. The van der Waals surface area contributed by atoms with Gasteiger partial charge in [-0.3, -0.25) is 0 Å². The van der Waals surface area contributed by atoms with Crippen molar-refractivity contribution in [2.45, 2.75) is 13.2 Å². The average molecular weight is 374 g/mol. The van der Waals surface area contributed by atoms with Crippen molar-refractivity contribution >= 4 is 11.5 Å². The molecule has 1 aliphatic heterocycles. The highest BCUT2D eigenvalue weighted by Crippen LogP contribution is 2.32. The number of anilines is 1. The maximum Gasteiger partial charge on any atom is 0.231 e. The van der Waals surface area contributed by atoms with E-state index in [1.165, 1.54) is 0 Å². The van der Waals surface area contributed by atoms with Crippen LogP contribution >= 0.6 is 0 Å². The van der Waals surface area contributed by atoms with Gasteiger partial charge < -0.3 is 19.9 Å². The highest BCUT2D eigenvalue weighted by atomic mass is 16.7. The summed E-state index contributed by atoms with van der Waals surface area (Å²) in [6, 6.07) is 17.4. The first-order valence-electron chi connectivity index (χ1n) is 8.98. The standard InChI is InChI=1S/C21H18N4O3/c26-12-15-3-1-2-4-16(15)17-11-23-21-8-7-20(24-25(17)21)22-10-14-5-6-18-19(9-14)28-13-27-18/h1-9,11,26H,10,12-13H2,(H,22,24). The van der Waals surface area contributed by atoms with Gasteiger partial charge in [-0.1, -0.05) is 30.3 Å². The van der Waals surface area contributed by atoms with E-state index >= 15 is 0 Å². The summed E-state index contributed by atoms with van der Waals surface area (Å²) in [4.78, 5) is 4.43. The van der Waals surface area contributed by atoms with Crippen LogP contribution in [0.25, 0.3) is 16.9 Å². The number of aromatic nitrogens is 3. The predicted octanol–water partition coefficient (Wildman–Crippen LogP) is 3.23. The Morgan fingerprint density at radius 1 is 1.04 bits per heavy atom. The van der Waals surface area contributed by atoms with E-state index in [9.17, 15) is 5.11 Å².